The van der Waals surface area contributed by atoms with E-state index in [4.69, 9.17) is 5.73 Å². The van der Waals surface area contributed by atoms with Crippen LogP contribution in [0.15, 0.2) is 12.3 Å². The van der Waals surface area contributed by atoms with Crippen molar-refractivity contribution in [3.63, 3.8) is 0 Å². The Labute approximate surface area is 110 Å². The molecule has 0 saturated carbocycles. The van der Waals surface area contributed by atoms with Crippen LogP contribution in [0.1, 0.15) is 26.2 Å². The van der Waals surface area contributed by atoms with Crippen molar-refractivity contribution in [2.24, 2.45) is 11.7 Å². The minimum absolute atomic E-state index is 0.623. The molecule has 1 atom stereocenters. The molecule has 0 aliphatic rings. The van der Waals surface area contributed by atoms with Crippen LogP contribution in [0.25, 0.3) is 0 Å². The molecule has 0 spiro atoms. The summed E-state index contributed by atoms with van der Waals surface area (Å²) in [6.07, 6.45) is 5.24. The van der Waals surface area contributed by atoms with Crippen molar-refractivity contribution in [1.29, 1.82) is 0 Å². The molecule has 0 amide bonds. The Kier molecular flexibility index (Phi) is 6.43. The Morgan fingerprint density at radius 3 is 2.78 bits per heavy atom. The number of rotatable bonds is 8. The highest BCUT2D eigenvalue weighted by Crippen LogP contribution is 2.13. The van der Waals surface area contributed by atoms with E-state index in [1.165, 1.54) is 12.8 Å². The number of hydrogen-bond acceptors (Lipinski definition) is 5. The second-order valence-electron chi connectivity index (χ2n) is 4.75. The van der Waals surface area contributed by atoms with Crippen LogP contribution >= 0.6 is 0 Å². The first-order valence-corrected chi connectivity index (χ1v) is 6.61. The molecule has 0 bridgehead atoms. The lowest BCUT2D eigenvalue weighted by molar-refractivity contribution is 0.473. The molecule has 1 rings (SSSR count). The molecule has 5 heteroatoms. The second kappa shape index (κ2) is 7.87. The number of nitrogens with one attached hydrogen (secondary N) is 1. The van der Waals surface area contributed by atoms with Crippen LogP contribution in [0.3, 0.4) is 0 Å². The molecule has 1 heterocycles. The summed E-state index contributed by atoms with van der Waals surface area (Å²) in [5.41, 5.74) is 5.63. The molecule has 0 saturated heterocycles. The number of aromatic nitrogens is 2. The maximum absolute atomic E-state index is 5.63. The van der Waals surface area contributed by atoms with Crippen LogP contribution in [0.4, 0.5) is 11.8 Å². The van der Waals surface area contributed by atoms with Crippen molar-refractivity contribution in [2.45, 2.75) is 26.2 Å². The van der Waals surface area contributed by atoms with Crippen molar-refractivity contribution in [2.75, 3.05) is 37.4 Å². The fourth-order valence-corrected chi connectivity index (χ4v) is 1.90. The number of nitrogens with two attached hydrogens (primary N) is 1. The van der Waals surface area contributed by atoms with E-state index in [1.54, 1.807) is 6.20 Å². The van der Waals surface area contributed by atoms with E-state index in [0.717, 1.165) is 31.3 Å². The molecule has 5 nitrogen and oxygen atoms in total. The molecule has 1 aromatic heterocycles. The van der Waals surface area contributed by atoms with Gasteiger partial charge >= 0.3 is 0 Å². The highest BCUT2D eigenvalue weighted by molar-refractivity contribution is 5.40. The summed E-state index contributed by atoms with van der Waals surface area (Å²) >= 11 is 0. The summed E-state index contributed by atoms with van der Waals surface area (Å²) < 4.78 is 0. The predicted molar refractivity (Wildman–Crippen MR) is 76.9 cm³/mol. The van der Waals surface area contributed by atoms with E-state index in [-0.39, 0.29) is 0 Å². The third-order valence-electron chi connectivity index (χ3n) is 2.89. The lowest BCUT2D eigenvalue weighted by atomic mass is 10.00. The maximum Gasteiger partial charge on any atom is 0.226 e. The summed E-state index contributed by atoms with van der Waals surface area (Å²) in [5, 5.41) is 3.38. The van der Waals surface area contributed by atoms with E-state index in [2.05, 4.69) is 22.2 Å². The highest BCUT2D eigenvalue weighted by atomic mass is 15.2. The van der Waals surface area contributed by atoms with Crippen molar-refractivity contribution in [3.05, 3.63) is 12.3 Å². The molecule has 1 aromatic rings. The van der Waals surface area contributed by atoms with Crippen molar-refractivity contribution < 1.29 is 0 Å². The quantitative estimate of drug-likeness (QED) is 0.736. The van der Waals surface area contributed by atoms with Crippen molar-refractivity contribution in [3.8, 4) is 0 Å². The van der Waals surface area contributed by atoms with Gasteiger partial charge in [-0.05, 0) is 31.4 Å². The lowest BCUT2D eigenvalue weighted by Gasteiger charge is -2.17. The molecule has 0 aliphatic carbocycles. The molecule has 0 radical (unpaired) electrons. The topological polar surface area (TPSA) is 67.1 Å². The Balaban J connectivity index is 2.53. The lowest BCUT2D eigenvalue weighted by Crippen LogP contribution is -2.19. The first-order valence-electron chi connectivity index (χ1n) is 6.61. The first-order chi connectivity index (χ1) is 8.67. The molecular formula is C13H25N5. The van der Waals surface area contributed by atoms with Gasteiger partial charge in [0.25, 0.3) is 0 Å². The summed E-state index contributed by atoms with van der Waals surface area (Å²) in [7, 11) is 3.88. The minimum Gasteiger partial charge on any atom is -0.370 e. The molecule has 0 fully saturated rings. The Morgan fingerprint density at radius 2 is 2.17 bits per heavy atom. The monoisotopic (exact) mass is 251 g/mol. The number of anilines is 2. The second-order valence-corrected chi connectivity index (χ2v) is 4.75. The Hall–Kier alpha value is -1.36. The van der Waals surface area contributed by atoms with Crippen molar-refractivity contribution >= 4 is 11.8 Å². The van der Waals surface area contributed by atoms with Crippen LogP contribution < -0.4 is 16.0 Å². The smallest absolute Gasteiger partial charge is 0.226 e. The summed E-state index contributed by atoms with van der Waals surface area (Å²) in [5.74, 6) is 2.23. The van der Waals surface area contributed by atoms with Gasteiger partial charge in [0.05, 0.1) is 0 Å². The van der Waals surface area contributed by atoms with E-state index in [0.29, 0.717) is 5.92 Å². The van der Waals surface area contributed by atoms with Gasteiger partial charge in [0, 0.05) is 26.8 Å². The van der Waals surface area contributed by atoms with E-state index >= 15 is 0 Å². The largest absolute Gasteiger partial charge is 0.370 e. The van der Waals surface area contributed by atoms with Gasteiger partial charge < -0.3 is 16.0 Å². The van der Waals surface area contributed by atoms with E-state index in [1.807, 2.05) is 25.1 Å². The molecular weight excluding hydrogens is 226 g/mol. The van der Waals surface area contributed by atoms with Crippen LogP contribution in [0, 0.1) is 5.92 Å². The third-order valence-corrected chi connectivity index (χ3v) is 2.89. The van der Waals surface area contributed by atoms with Gasteiger partial charge in [-0.1, -0.05) is 13.3 Å². The summed E-state index contributed by atoms with van der Waals surface area (Å²) in [4.78, 5) is 10.5. The highest BCUT2D eigenvalue weighted by Gasteiger charge is 2.07. The minimum atomic E-state index is 0.623. The summed E-state index contributed by atoms with van der Waals surface area (Å²) in [6, 6.07) is 1.90. The Morgan fingerprint density at radius 1 is 1.39 bits per heavy atom. The average Bonchev–Trinajstić information content (AvgIpc) is 2.37. The Bertz CT molecular complexity index is 334. The van der Waals surface area contributed by atoms with E-state index in [9.17, 15) is 0 Å². The summed E-state index contributed by atoms with van der Waals surface area (Å²) in [6.45, 7) is 3.88. The number of nitrogens with zero attached hydrogens (tertiary/aromatic N) is 3. The molecule has 1 unspecified atom stereocenters. The van der Waals surface area contributed by atoms with Crippen molar-refractivity contribution in [1.82, 2.24) is 9.97 Å². The predicted octanol–water partition coefficient (Wildman–Crippen LogP) is 1.72. The van der Waals surface area contributed by atoms with Crippen LogP contribution in [-0.4, -0.2) is 37.2 Å². The normalized spacial score (nSPS) is 12.2. The van der Waals surface area contributed by atoms with Crippen LogP contribution in [0.5, 0.6) is 0 Å². The fraction of sp³-hybridized carbons (Fsp3) is 0.692. The molecule has 0 aromatic carbocycles. The zero-order valence-electron chi connectivity index (χ0n) is 11.7. The fourth-order valence-electron chi connectivity index (χ4n) is 1.90. The number of hydrogen-bond donors (Lipinski definition) is 2. The van der Waals surface area contributed by atoms with Gasteiger partial charge in [-0.15, -0.1) is 0 Å². The van der Waals surface area contributed by atoms with Gasteiger partial charge in [0.1, 0.15) is 5.82 Å². The standard InChI is InChI=1S/C13H25N5/c1-4-5-11(6-8-14)10-16-12-7-9-15-13(17-12)18(2)3/h7,9,11H,4-6,8,10,14H2,1-3H3,(H,15,16,17). The molecule has 102 valence electrons. The molecule has 3 N–H and O–H groups in total. The van der Waals surface area contributed by atoms with Gasteiger partial charge in [0.15, 0.2) is 0 Å². The van der Waals surface area contributed by atoms with Crippen LogP contribution in [-0.2, 0) is 0 Å². The molecule has 18 heavy (non-hydrogen) atoms. The maximum atomic E-state index is 5.63. The SMILES string of the molecule is CCCC(CCN)CNc1ccnc(N(C)C)n1. The van der Waals surface area contributed by atoms with E-state index < -0.39 is 0 Å². The average molecular weight is 251 g/mol. The van der Waals surface area contributed by atoms with Gasteiger partial charge in [0.2, 0.25) is 5.95 Å². The zero-order chi connectivity index (χ0) is 13.4. The zero-order valence-corrected chi connectivity index (χ0v) is 11.7. The van der Waals surface area contributed by atoms with Gasteiger partial charge in [-0.2, -0.15) is 4.98 Å². The first kappa shape index (κ1) is 14.7. The van der Waals surface area contributed by atoms with Crippen LogP contribution in [0.2, 0.25) is 0 Å². The van der Waals surface area contributed by atoms with Gasteiger partial charge in [-0.3, -0.25) is 0 Å². The molecule has 0 aliphatic heterocycles. The third kappa shape index (κ3) is 4.87. The van der Waals surface area contributed by atoms with Gasteiger partial charge in [-0.25, -0.2) is 4.98 Å².